The van der Waals surface area contributed by atoms with Crippen LogP contribution in [0.3, 0.4) is 0 Å². The van der Waals surface area contributed by atoms with Crippen LogP contribution in [0.5, 0.6) is 0 Å². The summed E-state index contributed by atoms with van der Waals surface area (Å²) in [6.07, 6.45) is 1.82. The molecular formula is C13H8NS. The second-order valence-corrected chi connectivity index (χ2v) is 4.20. The largest absolute Gasteiger partial charge is 0.256 e. The van der Waals surface area contributed by atoms with E-state index in [0.717, 1.165) is 5.69 Å². The Balaban J connectivity index is 2.28. The first-order valence-corrected chi connectivity index (χ1v) is 5.62. The van der Waals surface area contributed by atoms with Gasteiger partial charge in [-0.05, 0) is 30.3 Å². The van der Waals surface area contributed by atoms with Gasteiger partial charge in [0.15, 0.2) is 0 Å². The molecule has 0 saturated carbocycles. The smallest absolute Gasteiger partial charge is 0.0716 e. The predicted molar refractivity (Wildman–Crippen MR) is 63.9 cm³/mol. The average molecular weight is 210 g/mol. The van der Waals surface area contributed by atoms with Crippen LogP contribution in [-0.4, -0.2) is 4.98 Å². The minimum atomic E-state index is 1.03. The molecule has 3 rings (SSSR count). The van der Waals surface area contributed by atoms with E-state index in [0.29, 0.717) is 0 Å². The standard InChI is InChI=1S/C13H8NS/c1-2-7-13-10(5-1)11(9-15-13)12-6-3-4-8-14-12/h2-9H. The van der Waals surface area contributed by atoms with E-state index < -0.39 is 0 Å². The molecule has 0 aliphatic heterocycles. The monoisotopic (exact) mass is 210 g/mol. The van der Waals surface area contributed by atoms with Crippen LogP contribution in [0, 0.1) is 6.07 Å². The molecule has 0 amide bonds. The van der Waals surface area contributed by atoms with E-state index in [1.807, 2.05) is 36.5 Å². The zero-order chi connectivity index (χ0) is 10.1. The number of fused-ring (bicyclic) bond motifs is 1. The van der Waals surface area contributed by atoms with Crippen LogP contribution in [0.15, 0.2) is 48.0 Å². The highest BCUT2D eigenvalue weighted by Gasteiger charge is 2.05. The highest BCUT2D eigenvalue weighted by Crippen LogP contribution is 2.32. The summed E-state index contributed by atoms with van der Waals surface area (Å²) in [6, 6.07) is 15.2. The lowest BCUT2D eigenvalue weighted by Crippen LogP contribution is -1.78. The summed E-state index contributed by atoms with van der Waals surface area (Å²) in [5.74, 6) is 0. The lowest BCUT2D eigenvalue weighted by Gasteiger charge is -1.97. The van der Waals surface area contributed by atoms with Crippen molar-refractivity contribution in [1.29, 1.82) is 0 Å². The maximum absolute atomic E-state index is 4.36. The Morgan fingerprint density at radius 1 is 1.20 bits per heavy atom. The summed E-state index contributed by atoms with van der Waals surface area (Å²) in [4.78, 5) is 4.36. The molecule has 1 radical (unpaired) electrons. The van der Waals surface area contributed by atoms with E-state index in [2.05, 4.69) is 22.5 Å². The fraction of sp³-hybridized carbons (Fsp3) is 0. The summed E-state index contributed by atoms with van der Waals surface area (Å²) < 4.78 is 1.29. The Morgan fingerprint density at radius 2 is 2.20 bits per heavy atom. The molecule has 0 unspecified atom stereocenters. The maximum Gasteiger partial charge on any atom is 0.0716 e. The fourth-order valence-electron chi connectivity index (χ4n) is 1.64. The van der Waals surface area contributed by atoms with Gasteiger partial charge in [-0.1, -0.05) is 12.1 Å². The minimum Gasteiger partial charge on any atom is -0.256 e. The zero-order valence-electron chi connectivity index (χ0n) is 7.97. The Hall–Kier alpha value is -1.67. The van der Waals surface area contributed by atoms with Gasteiger partial charge in [-0.2, -0.15) is 0 Å². The van der Waals surface area contributed by atoms with Crippen molar-refractivity contribution in [1.82, 2.24) is 4.98 Å². The molecule has 2 aromatic heterocycles. The van der Waals surface area contributed by atoms with Crippen LogP contribution in [-0.2, 0) is 0 Å². The zero-order valence-corrected chi connectivity index (χ0v) is 8.79. The molecule has 3 aromatic rings. The van der Waals surface area contributed by atoms with Crippen LogP contribution in [0.2, 0.25) is 0 Å². The summed E-state index contributed by atoms with van der Waals surface area (Å²) >= 11 is 1.75. The van der Waals surface area contributed by atoms with Crippen molar-refractivity contribution < 1.29 is 0 Å². The average Bonchev–Trinajstić information content (AvgIpc) is 2.74. The van der Waals surface area contributed by atoms with E-state index in [-0.39, 0.29) is 0 Å². The summed E-state index contributed by atoms with van der Waals surface area (Å²) in [6.45, 7) is 0. The van der Waals surface area contributed by atoms with Crippen LogP contribution in [0.1, 0.15) is 0 Å². The molecule has 0 spiro atoms. The Labute approximate surface area is 92.0 Å². The number of benzene rings is 1. The second-order valence-electron chi connectivity index (χ2n) is 3.29. The number of rotatable bonds is 1. The normalized spacial score (nSPS) is 10.7. The molecule has 2 heteroatoms. The third-order valence-corrected chi connectivity index (χ3v) is 3.32. The summed E-state index contributed by atoms with van der Waals surface area (Å²) in [5.41, 5.74) is 2.23. The third kappa shape index (κ3) is 1.43. The SMILES string of the molecule is [c]1ccc2scc(-c3ccccn3)c2c1. The van der Waals surface area contributed by atoms with Crippen molar-refractivity contribution in [2.24, 2.45) is 0 Å². The van der Waals surface area contributed by atoms with Gasteiger partial charge in [-0.15, -0.1) is 11.3 Å². The number of pyridine rings is 1. The fourth-order valence-corrected chi connectivity index (χ4v) is 2.57. The molecule has 0 aliphatic carbocycles. The van der Waals surface area contributed by atoms with Gasteiger partial charge in [0.25, 0.3) is 0 Å². The van der Waals surface area contributed by atoms with Crippen molar-refractivity contribution >= 4 is 21.4 Å². The number of aromatic nitrogens is 1. The Morgan fingerprint density at radius 3 is 3.07 bits per heavy atom. The lowest BCUT2D eigenvalue weighted by atomic mass is 10.1. The van der Waals surface area contributed by atoms with Crippen LogP contribution in [0.4, 0.5) is 0 Å². The van der Waals surface area contributed by atoms with E-state index in [9.17, 15) is 0 Å². The Kier molecular flexibility index (Phi) is 2.00. The summed E-state index contributed by atoms with van der Waals surface area (Å²) in [5, 5.41) is 3.39. The molecule has 1 aromatic carbocycles. The molecular weight excluding hydrogens is 202 g/mol. The van der Waals surface area contributed by atoms with E-state index in [1.165, 1.54) is 15.6 Å². The molecule has 0 N–H and O–H groups in total. The summed E-state index contributed by atoms with van der Waals surface area (Å²) in [7, 11) is 0. The molecule has 15 heavy (non-hydrogen) atoms. The molecule has 1 nitrogen and oxygen atoms in total. The van der Waals surface area contributed by atoms with Crippen LogP contribution >= 0.6 is 11.3 Å². The molecule has 0 fully saturated rings. The first-order valence-electron chi connectivity index (χ1n) is 4.74. The van der Waals surface area contributed by atoms with Gasteiger partial charge in [0, 0.05) is 27.2 Å². The number of nitrogens with zero attached hydrogens (tertiary/aromatic N) is 1. The number of hydrogen-bond acceptors (Lipinski definition) is 2. The first kappa shape index (κ1) is 8.62. The third-order valence-electron chi connectivity index (χ3n) is 2.36. The van der Waals surface area contributed by atoms with Gasteiger partial charge in [0.2, 0.25) is 0 Å². The van der Waals surface area contributed by atoms with Gasteiger partial charge in [-0.3, -0.25) is 4.98 Å². The molecule has 0 atom stereocenters. The molecule has 2 heterocycles. The predicted octanol–water partition coefficient (Wildman–Crippen LogP) is 3.76. The molecule has 0 aliphatic rings. The van der Waals surface area contributed by atoms with Gasteiger partial charge in [0.05, 0.1) is 5.69 Å². The highest BCUT2D eigenvalue weighted by molar-refractivity contribution is 7.17. The van der Waals surface area contributed by atoms with Gasteiger partial charge in [-0.25, -0.2) is 0 Å². The Bertz CT molecular complexity index is 584. The molecule has 0 bridgehead atoms. The van der Waals surface area contributed by atoms with Crippen molar-refractivity contribution in [3.05, 3.63) is 54.0 Å². The highest BCUT2D eigenvalue weighted by atomic mass is 32.1. The topological polar surface area (TPSA) is 12.9 Å². The lowest BCUT2D eigenvalue weighted by molar-refractivity contribution is 1.34. The van der Waals surface area contributed by atoms with Crippen LogP contribution < -0.4 is 0 Å². The number of thiophene rings is 1. The molecule has 71 valence electrons. The van der Waals surface area contributed by atoms with Crippen molar-refractivity contribution in [3.8, 4) is 11.3 Å². The minimum absolute atomic E-state index is 1.03. The van der Waals surface area contributed by atoms with Crippen molar-refractivity contribution in [2.45, 2.75) is 0 Å². The molecule has 0 saturated heterocycles. The first-order chi connectivity index (χ1) is 7.45. The van der Waals surface area contributed by atoms with E-state index >= 15 is 0 Å². The second kappa shape index (κ2) is 3.48. The maximum atomic E-state index is 4.36. The quantitative estimate of drug-likeness (QED) is 0.596. The number of hydrogen-bond donors (Lipinski definition) is 0. The van der Waals surface area contributed by atoms with E-state index in [4.69, 9.17) is 0 Å². The van der Waals surface area contributed by atoms with Gasteiger partial charge < -0.3 is 0 Å². The van der Waals surface area contributed by atoms with Crippen molar-refractivity contribution in [2.75, 3.05) is 0 Å². The van der Waals surface area contributed by atoms with Gasteiger partial charge in [0.1, 0.15) is 0 Å². The van der Waals surface area contributed by atoms with E-state index in [1.54, 1.807) is 11.3 Å². The van der Waals surface area contributed by atoms with Crippen molar-refractivity contribution in [3.63, 3.8) is 0 Å². The van der Waals surface area contributed by atoms with Gasteiger partial charge >= 0.3 is 0 Å². The van der Waals surface area contributed by atoms with Crippen LogP contribution in [0.25, 0.3) is 21.3 Å².